The van der Waals surface area contributed by atoms with Gasteiger partial charge < -0.3 is 14.5 Å². The second-order valence-electron chi connectivity index (χ2n) is 7.28. The van der Waals surface area contributed by atoms with E-state index in [0.717, 1.165) is 18.4 Å². The monoisotopic (exact) mass is 410 g/mol. The minimum atomic E-state index is -0.179. The van der Waals surface area contributed by atoms with Gasteiger partial charge in [-0.1, -0.05) is 29.8 Å². The number of amides is 1. The van der Waals surface area contributed by atoms with Gasteiger partial charge in [0.25, 0.3) is 0 Å². The SMILES string of the molecule is Cc1oc(-c2ccccc2)nc1CC(=O)Nc1ccc(OC2CCCC2)c(Cl)c1. The summed E-state index contributed by atoms with van der Waals surface area (Å²) in [4.78, 5) is 17.0. The van der Waals surface area contributed by atoms with E-state index >= 15 is 0 Å². The molecular weight excluding hydrogens is 388 g/mol. The van der Waals surface area contributed by atoms with Crippen LogP contribution in [0.4, 0.5) is 5.69 Å². The summed E-state index contributed by atoms with van der Waals surface area (Å²) in [5, 5.41) is 3.37. The molecule has 1 aromatic heterocycles. The molecule has 6 heteroatoms. The third-order valence-corrected chi connectivity index (χ3v) is 5.35. The summed E-state index contributed by atoms with van der Waals surface area (Å²) in [5.41, 5.74) is 2.13. The Morgan fingerprint density at radius 1 is 1.21 bits per heavy atom. The van der Waals surface area contributed by atoms with Crippen LogP contribution >= 0.6 is 11.6 Å². The summed E-state index contributed by atoms with van der Waals surface area (Å²) in [6.07, 6.45) is 4.89. The van der Waals surface area contributed by atoms with E-state index in [0.29, 0.717) is 33.8 Å². The van der Waals surface area contributed by atoms with Gasteiger partial charge in [-0.15, -0.1) is 0 Å². The second kappa shape index (κ2) is 8.70. The first-order valence-corrected chi connectivity index (χ1v) is 10.2. The molecule has 1 amide bonds. The Bertz CT molecular complexity index is 995. The Morgan fingerprint density at radius 2 is 1.97 bits per heavy atom. The number of nitrogens with one attached hydrogen (secondary N) is 1. The van der Waals surface area contributed by atoms with Crippen LogP contribution in [0.15, 0.2) is 52.9 Å². The minimum absolute atomic E-state index is 0.125. The summed E-state index contributed by atoms with van der Waals surface area (Å²) in [6.45, 7) is 1.81. The predicted octanol–water partition coefficient (Wildman–Crippen LogP) is 5.81. The molecule has 2 aromatic carbocycles. The Kier molecular flexibility index (Phi) is 5.86. The van der Waals surface area contributed by atoms with Crippen molar-refractivity contribution >= 4 is 23.2 Å². The van der Waals surface area contributed by atoms with Crippen molar-refractivity contribution in [2.24, 2.45) is 0 Å². The lowest BCUT2D eigenvalue weighted by atomic mass is 10.2. The number of aryl methyl sites for hydroxylation is 1. The number of anilines is 1. The van der Waals surface area contributed by atoms with Gasteiger partial charge in [-0.2, -0.15) is 0 Å². The molecule has 3 aromatic rings. The van der Waals surface area contributed by atoms with Gasteiger partial charge in [-0.3, -0.25) is 4.79 Å². The van der Waals surface area contributed by atoms with Crippen LogP contribution in [0.25, 0.3) is 11.5 Å². The molecule has 1 N–H and O–H groups in total. The lowest BCUT2D eigenvalue weighted by Gasteiger charge is -2.15. The molecule has 0 saturated heterocycles. The molecule has 0 spiro atoms. The number of ether oxygens (including phenoxy) is 1. The highest BCUT2D eigenvalue weighted by Gasteiger charge is 2.18. The number of carbonyl (C=O) groups excluding carboxylic acids is 1. The molecule has 1 aliphatic rings. The summed E-state index contributed by atoms with van der Waals surface area (Å²) in [6, 6.07) is 15.0. The number of oxazole rings is 1. The van der Waals surface area contributed by atoms with E-state index < -0.39 is 0 Å². The van der Waals surface area contributed by atoms with Gasteiger partial charge in [0.1, 0.15) is 11.5 Å². The maximum Gasteiger partial charge on any atom is 0.230 e. The van der Waals surface area contributed by atoms with Crippen molar-refractivity contribution in [3.63, 3.8) is 0 Å². The van der Waals surface area contributed by atoms with Crippen LogP contribution in [0.2, 0.25) is 5.02 Å². The highest BCUT2D eigenvalue weighted by molar-refractivity contribution is 6.32. The van der Waals surface area contributed by atoms with E-state index in [9.17, 15) is 4.79 Å². The van der Waals surface area contributed by atoms with E-state index in [1.54, 1.807) is 12.1 Å². The summed E-state index contributed by atoms with van der Waals surface area (Å²) >= 11 is 6.34. The second-order valence-corrected chi connectivity index (χ2v) is 7.69. The molecule has 0 unspecified atom stereocenters. The third kappa shape index (κ3) is 4.80. The number of halogens is 1. The van der Waals surface area contributed by atoms with Crippen molar-refractivity contribution in [2.75, 3.05) is 5.32 Å². The molecule has 1 heterocycles. The summed E-state index contributed by atoms with van der Waals surface area (Å²) < 4.78 is 11.7. The number of hydrogen-bond donors (Lipinski definition) is 1. The van der Waals surface area contributed by atoms with Crippen LogP contribution in [-0.4, -0.2) is 17.0 Å². The third-order valence-electron chi connectivity index (χ3n) is 5.05. The maximum absolute atomic E-state index is 12.5. The number of carbonyl (C=O) groups is 1. The number of rotatable bonds is 6. The molecule has 0 atom stereocenters. The van der Waals surface area contributed by atoms with E-state index in [1.165, 1.54) is 12.8 Å². The molecule has 1 saturated carbocycles. The lowest BCUT2D eigenvalue weighted by molar-refractivity contribution is -0.115. The Balaban J connectivity index is 1.39. The van der Waals surface area contributed by atoms with Crippen molar-refractivity contribution in [3.8, 4) is 17.2 Å². The zero-order chi connectivity index (χ0) is 20.2. The number of hydrogen-bond acceptors (Lipinski definition) is 4. The van der Waals surface area contributed by atoms with Crippen LogP contribution in [0.3, 0.4) is 0 Å². The Labute approximate surface area is 175 Å². The number of nitrogens with zero attached hydrogens (tertiary/aromatic N) is 1. The zero-order valence-corrected chi connectivity index (χ0v) is 17.0. The molecule has 0 radical (unpaired) electrons. The largest absolute Gasteiger partial charge is 0.489 e. The van der Waals surface area contributed by atoms with Crippen molar-refractivity contribution in [3.05, 3.63) is 65.0 Å². The molecule has 1 aliphatic carbocycles. The molecule has 150 valence electrons. The molecule has 29 heavy (non-hydrogen) atoms. The van der Waals surface area contributed by atoms with Crippen LogP contribution < -0.4 is 10.1 Å². The standard InChI is InChI=1S/C23H23ClN2O3/c1-15-20(26-23(28-15)16-7-3-2-4-8-16)14-22(27)25-17-11-12-21(19(24)13-17)29-18-9-5-6-10-18/h2-4,7-8,11-13,18H,5-6,9-10,14H2,1H3,(H,25,27). The highest BCUT2D eigenvalue weighted by Crippen LogP contribution is 2.32. The normalized spacial score (nSPS) is 14.1. The molecule has 0 bridgehead atoms. The first-order valence-electron chi connectivity index (χ1n) is 9.86. The predicted molar refractivity (Wildman–Crippen MR) is 113 cm³/mol. The van der Waals surface area contributed by atoms with Gasteiger partial charge in [0.2, 0.25) is 11.8 Å². The van der Waals surface area contributed by atoms with Gasteiger partial charge in [-0.05, 0) is 62.9 Å². The summed E-state index contributed by atoms with van der Waals surface area (Å²) in [7, 11) is 0. The summed E-state index contributed by atoms with van der Waals surface area (Å²) in [5.74, 6) is 1.64. The van der Waals surface area contributed by atoms with Crippen molar-refractivity contribution in [2.45, 2.75) is 45.1 Å². The van der Waals surface area contributed by atoms with E-state index in [2.05, 4.69) is 10.3 Å². The average molecular weight is 411 g/mol. The van der Waals surface area contributed by atoms with Gasteiger partial charge in [-0.25, -0.2) is 4.98 Å². The van der Waals surface area contributed by atoms with Crippen molar-refractivity contribution in [1.82, 2.24) is 4.98 Å². The van der Waals surface area contributed by atoms with Crippen molar-refractivity contribution in [1.29, 1.82) is 0 Å². The Hall–Kier alpha value is -2.79. The van der Waals surface area contributed by atoms with Crippen LogP contribution in [0.5, 0.6) is 5.75 Å². The highest BCUT2D eigenvalue weighted by atomic mass is 35.5. The zero-order valence-electron chi connectivity index (χ0n) is 16.3. The van der Waals surface area contributed by atoms with E-state index in [-0.39, 0.29) is 18.4 Å². The molecule has 0 aliphatic heterocycles. The van der Waals surface area contributed by atoms with Gasteiger partial charge >= 0.3 is 0 Å². The van der Waals surface area contributed by atoms with Gasteiger partial charge in [0.05, 0.1) is 23.2 Å². The number of benzene rings is 2. The fourth-order valence-electron chi connectivity index (χ4n) is 3.51. The molecular formula is C23H23ClN2O3. The van der Waals surface area contributed by atoms with Crippen LogP contribution in [-0.2, 0) is 11.2 Å². The van der Waals surface area contributed by atoms with Crippen molar-refractivity contribution < 1.29 is 13.9 Å². The fraction of sp³-hybridized carbons (Fsp3) is 0.304. The number of aromatic nitrogens is 1. The van der Waals surface area contributed by atoms with E-state index in [1.807, 2.05) is 43.3 Å². The lowest BCUT2D eigenvalue weighted by Crippen LogP contribution is -2.15. The van der Waals surface area contributed by atoms with Crippen LogP contribution in [0.1, 0.15) is 37.1 Å². The molecule has 1 fully saturated rings. The topological polar surface area (TPSA) is 64.4 Å². The van der Waals surface area contributed by atoms with Gasteiger partial charge in [0.15, 0.2) is 0 Å². The van der Waals surface area contributed by atoms with E-state index in [4.69, 9.17) is 20.8 Å². The first kappa shape index (κ1) is 19.5. The fourth-order valence-corrected chi connectivity index (χ4v) is 3.74. The smallest absolute Gasteiger partial charge is 0.230 e. The molecule has 4 rings (SSSR count). The van der Waals surface area contributed by atoms with Gasteiger partial charge in [0, 0.05) is 11.3 Å². The van der Waals surface area contributed by atoms with Crippen LogP contribution in [0, 0.1) is 6.92 Å². The first-order chi connectivity index (χ1) is 14.1. The average Bonchev–Trinajstić information content (AvgIpc) is 3.35. The quantitative estimate of drug-likeness (QED) is 0.557. The molecule has 5 nitrogen and oxygen atoms in total. The Morgan fingerprint density at radius 3 is 2.69 bits per heavy atom. The maximum atomic E-state index is 12.5. The minimum Gasteiger partial charge on any atom is -0.489 e.